The van der Waals surface area contributed by atoms with Crippen LogP contribution in [0.5, 0.6) is 0 Å². The third-order valence-corrected chi connectivity index (χ3v) is 9.15. The summed E-state index contributed by atoms with van der Waals surface area (Å²) in [5, 5.41) is 11.5. The minimum atomic E-state index is -1.43. The quantitative estimate of drug-likeness (QED) is 0.133. The summed E-state index contributed by atoms with van der Waals surface area (Å²) in [6, 6.07) is 0. The molecule has 9 N–H and O–H groups in total. The summed E-state index contributed by atoms with van der Waals surface area (Å²) in [6.45, 7) is 13.9. The lowest BCUT2D eigenvalue weighted by Gasteiger charge is -2.44. The molecular weight excluding hydrogens is 496 g/mol. The topological polar surface area (TPSA) is 193 Å². The van der Waals surface area contributed by atoms with Crippen LogP contribution < -0.4 is 22.9 Å². The van der Waals surface area contributed by atoms with E-state index in [-0.39, 0.29) is 24.2 Å². The molecule has 0 aliphatic carbocycles. The molecule has 0 saturated heterocycles. The van der Waals surface area contributed by atoms with Crippen molar-refractivity contribution in [3.8, 4) is 0 Å². The zero-order chi connectivity index (χ0) is 30.9. The van der Waals surface area contributed by atoms with Gasteiger partial charge in [0, 0.05) is 16.2 Å². The van der Waals surface area contributed by atoms with Crippen LogP contribution in [-0.2, 0) is 19.2 Å². The zero-order valence-corrected chi connectivity index (χ0v) is 26.0. The molecule has 0 aromatic carbocycles. The molecule has 0 spiro atoms. The fourth-order valence-electron chi connectivity index (χ4n) is 5.17. The number of nitrogens with two attached hydrogens (primary N) is 4. The smallest absolute Gasteiger partial charge is 0.225 e. The average Bonchev–Trinajstić information content (AvgIpc) is 2.78. The maximum atomic E-state index is 12.1. The monoisotopic (exact) mass is 554 g/mol. The van der Waals surface area contributed by atoms with Crippen molar-refractivity contribution in [2.75, 3.05) is 0 Å². The molecule has 39 heavy (non-hydrogen) atoms. The molecule has 228 valence electrons. The van der Waals surface area contributed by atoms with Gasteiger partial charge in [0.2, 0.25) is 23.6 Å². The summed E-state index contributed by atoms with van der Waals surface area (Å²) < 4.78 is 0. The number of carbonyl (C=O) groups is 4. The van der Waals surface area contributed by atoms with E-state index in [1.54, 1.807) is 27.7 Å². The standard InChI is InChI=1S/C30H58N4O5/c1-26(2,22(31)35)19-21(28(5,6)24(33)37)17-15-13-11-9-10-12-14-16-18-30(39,29(7,8)25(34)38)20-27(3,4)23(32)36/h21,39H,9-20H2,1-8H3,(H2,31,35)(H2,32,36)(H2,33,37)(H2,34,38). The molecule has 0 heterocycles. The van der Waals surface area contributed by atoms with Gasteiger partial charge in [-0.15, -0.1) is 0 Å². The molecule has 0 saturated carbocycles. The highest BCUT2D eigenvalue weighted by molar-refractivity contribution is 5.83. The highest BCUT2D eigenvalue weighted by Gasteiger charge is 2.50. The van der Waals surface area contributed by atoms with Gasteiger partial charge >= 0.3 is 0 Å². The van der Waals surface area contributed by atoms with Gasteiger partial charge in [0.15, 0.2) is 0 Å². The number of amides is 4. The van der Waals surface area contributed by atoms with E-state index in [2.05, 4.69) is 0 Å². The Hall–Kier alpha value is -2.16. The molecule has 0 rings (SSSR count). The highest BCUT2D eigenvalue weighted by Crippen LogP contribution is 2.43. The van der Waals surface area contributed by atoms with Gasteiger partial charge in [-0.05, 0) is 45.4 Å². The van der Waals surface area contributed by atoms with Crippen LogP contribution in [0.2, 0.25) is 0 Å². The second-order valence-corrected chi connectivity index (χ2v) is 14.0. The Balaban J connectivity index is 4.69. The van der Waals surface area contributed by atoms with Gasteiger partial charge in [-0.1, -0.05) is 92.9 Å². The van der Waals surface area contributed by atoms with Crippen molar-refractivity contribution in [1.82, 2.24) is 0 Å². The molecule has 0 aliphatic rings. The van der Waals surface area contributed by atoms with Crippen molar-refractivity contribution < 1.29 is 24.3 Å². The Labute approximate surface area is 236 Å². The third kappa shape index (κ3) is 10.7. The third-order valence-electron chi connectivity index (χ3n) is 9.15. The molecule has 9 heteroatoms. The Morgan fingerprint density at radius 3 is 1.38 bits per heavy atom. The fraction of sp³-hybridized carbons (Fsp3) is 0.867. The minimum Gasteiger partial charge on any atom is -0.389 e. The minimum absolute atomic E-state index is 0.0274. The number of hydrogen-bond acceptors (Lipinski definition) is 5. The van der Waals surface area contributed by atoms with Crippen LogP contribution in [0, 0.1) is 27.6 Å². The van der Waals surface area contributed by atoms with Crippen molar-refractivity contribution in [2.24, 2.45) is 50.5 Å². The van der Waals surface area contributed by atoms with Crippen molar-refractivity contribution in [3.05, 3.63) is 0 Å². The predicted molar refractivity (Wildman–Crippen MR) is 156 cm³/mol. The van der Waals surface area contributed by atoms with Crippen LogP contribution in [0.25, 0.3) is 0 Å². The number of aliphatic hydroxyl groups is 1. The molecule has 0 aromatic rings. The Morgan fingerprint density at radius 2 is 1.00 bits per heavy atom. The van der Waals surface area contributed by atoms with E-state index in [1.807, 2.05) is 27.7 Å². The molecule has 0 fully saturated rings. The SMILES string of the molecule is CC(C)(CC(CCCCCCCCCCC(O)(CC(C)(C)C(N)=O)C(C)(C)C(N)=O)C(C)(C)C(N)=O)C(N)=O. The van der Waals surface area contributed by atoms with Crippen LogP contribution in [-0.4, -0.2) is 34.3 Å². The van der Waals surface area contributed by atoms with Crippen molar-refractivity contribution >= 4 is 23.6 Å². The summed E-state index contributed by atoms with van der Waals surface area (Å²) >= 11 is 0. The number of hydrogen-bond donors (Lipinski definition) is 5. The van der Waals surface area contributed by atoms with E-state index in [9.17, 15) is 24.3 Å². The van der Waals surface area contributed by atoms with Crippen LogP contribution in [0.15, 0.2) is 0 Å². The second kappa shape index (κ2) is 14.5. The summed E-state index contributed by atoms with van der Waals surface area (Å²) in [4.78, 5) is 47.9. The second-order valence-electron chi connectivity index (χ2n) is 14.0. The van der Waals surface area contributed by atoms with Crippen molar-refractivity contribution in [2.45, 2.75) is 138 Å². The van der Waals surface area contributed by atoms with E-state index in [1.165, 1.54) is 0 Å². The summed E-state index contributed by atoms with van der Waals surface area (Å²) in [6.07, 6.45) is 9.51. The first kappa shape index (κ1) is 36.8. The lowest BCUT2D eigenvalue weighted by molar-refractivity contribution is -0.154. The average molecular weight is 555 g/mol. The largest absolute Gasteiger partial charge is 0.389 e. The molecule has 2 atom stereocenters. The van der Waals surface area contributed by atoms with Gasteiger partial charge in [-0.25, -0.2) is 0 Å². The predicted octanol–water partition coefficient (Wildman–Crippen LogP) is 4.06. The van der Waals surface area contributed by atoms with Gasteiger partial charge in [-0.2, -0.15) is 0 Å². The lowest BCUT2D eigenvalue weighted by Crippen LogP contribution is -2.55. The maximum Gasteiger partial charge on any atom is 0.225 e. The van der Waals surface area contributed by atoms with E-state index in [0.717, 1.165) is 51.4 Å². The van der Waals surface area contributed by atoms with Crippen LogP contribution in [0.1, 0.15) is 132 Å². The van der Waals surface area contributed by atoms with E-state index < -0.39 is 39.1 Å². The molecule has 2 unspecified atom stereocenters. The Bertz CT molecular complexity index is 850. The first-order valence-electron chi connectivity index (χ1n) is 14.5. The molecule has 0 radical (unpaired) electrons. The van der Waals surface area contributed by atoms with E-state index in [4.69, 9.17) is 22.9 Å². The number of rotatable bonds is 21. The first-order valence-corrected chi connectivity index (χ1v) is 14.5. The molecule has 0 aliphatic heterocycles. The van der Waals surface area contributed by atoms with E-state index in [0.29, 0.717) is 19.3 Å². The van der Waals surface area contributed by atoms with Crippen molar-refractivity contribution in [3.63, 3.8) is 0 Å². The molecule has 9 nitrogen and oxygen atoms in total. The zero-order valence-electron chi connectivity index (χ0n) is 26.0. The lowest BCUT2D eigenvalue weighted by atomic mass is 9.64. The van der Waals surface area contributed by atoms with Crippen molar-refractivity contribution in [1.29, 1.82) is 0 Å². The first-order chi connectivity index (χ1) is 17.5. The van der Waals surface area contributed by atoms with Gasteiger partial charge in [-0.3, -0.25) is 19.2 Å². The highest BCUT2D eigenvalue weighted by atomic mass is 16.3. The van der Waals surface area contributed by atoms with Gasteiger partial charge < -0.3 is 28.0 Å². The number of primary amides is 4. The maximum absolute atomic E-state index is 12.1. The van der Waals surface area contributed by atoms with Crippen LogP contribution >= 0.6 is 0 Å². The normalized spacial score (nSPS) is 15.4. The number of unbranched alkanes of at least 4 members (excludes halogenated alkanes) is 7. The molecule has 4 amide bonds. The number of carbonyl (C=O) groups excluding carboxylic acids is 4. The van der Waals surface area contributed by atoms with Gasteiger partial charge in [0.05, 0.1) is 11.0 Å². The Morgan fingerprint density at radius 1 is 0.590 bits per heavy atom. The van der Waals surface area contributed by atoms with Crippen LogP contribution in [0.3, 0.4) is 0 Å². The summed E-state index contributed by atoms with van der Waals surface area (Å²) in [7, 11) is 0. The van der Waals surface area contributed by atoms with Gasteiger partial charge in [0.1, 0.15) is 0 Å². The summed E-state index contributed by atoms with van der Waals surface area (Å²) in [5.41, 5.74) is 17.3. The fourth-order valence-corrected chi connectivity index (χ4v) is 5.17. The molecule has 0 bridgehead atoms. The van der Waals surface area contributed by atoms with Gasteiger partial charge in [0.25, 0.3) is 0 Å². The molecular formula is C30H58N4O5. The molecule has 0 aromatic heterocycles. The van der Waals surface area contributed by atoms with E-state index >= 15 is 0 Å². The Kier molecular flexibility index (Phi) is 13.7. The van der Waals surface area contributed by atoms with Crippen LogP contribution in [0.4, 0.5) is 0 Å². The summed E-state index contributed by atoms with van der Waals surface area (Å²) in [5.74, 6) is -1.90.